The van der Waals surface area contributed by atoms with Gasteiger partial charge in [0, 0.05) is 57.4 Å². The van der Waals surface area contributed by atoms with E-state index < -0.39 is 0 Å². The maximum atomic E-state index is 4.86. The highest BCUT2D eigenvalue weighted by Crippen LogP contribution is 2.55. The van der Waals surface area contributed by atoms with Crippen LogP contribution in [0.1, 0.15) is 42.1 Å². The minimum Gasteiger partial charge on any atom is -0.309 e. The highest BCUT2D eigenvalue weighted by atomic mass is 15.0. The lowest BCUT2D eigenvalue weighted by Crippen LogP contribution is -2.26. The van der Waals surface area contributed by atoms with Crippen LogP contribution in [0.25, 0.3) is 33.3 Å². The SMILES string of the molecule is C1=Cc2c3n4c5c(nccc5c5cccc2c54)C2CCC3(C=N1)C2. The van der Waals surface area contributed by atoms with Gasteiger partial charge in [0.15, 0.2) is 0 Å². The van der Waals surface area contributed by atoms with Gasteiger partial charge in [-0.2, -0.15) is 0 Å². The van der Waals surface area contributed by atoms with Gasteiger partial charge in [0.2, 0.25) is 0 Å². The Morgan fingerprint density at radius 2 is 2.00 bits per heavy atom. The first-order valence-electron chi connectivity index (χ1n) is 8.76. The van der Waals surface area contributed by atoms with Crippen molar-refractivity contribution in [2.24, 2.45) is 4.99 Å². The summed E-state index contributed by atoms with van der Waals surface area (Å²) < 4.78 is 2.54. The predicted molar refractivity (Wildman–Crippen MR) is 97.2 cm³/mol. The summed E-state index contributed by atoms with van der Waals surface area (Å²) in [5.74, 6) is 0.543. The van der Waals surface area contributed by atoms with Crippen molar-refractivity contribution in [3.8, 4) is 0 Å². The van der Waals surface area contributed by atoms with E-state index in [9.17, 15) is 0 Å². The smallest absolute Gasteiger partial charge is 0.0757 e. The summed E-state index contributed by atoms with van der Waals surface area (Å²) in [7, 11) is 0. The number of aliphatic imine (C=N–C) groups is 1. The zero-order valence-corrected chi connectivity index (χ0v) is 13.2. The molecule has 2 unspecified atom stereocenters. The molecule has 1 aromatic carbocycles. The monoisotopic (exact) mass is 309 g/mol. The molecular formula is C21H15N3. The van der Waals surface area contributed by atoms with Crippen molar-refractivity contribution in [3.05, 3.63) is 53.6 Å². The topological polar surface area (TPSA) is 29.7 Å². The van der Waals surface area contributed by atoms with E-state index in [1.165, 1.54) is 57.0 Å². The van der Waals surface area contributed by atoms with Crippen LogP contribution in [-0.4, -0.2) is 15.6 Å². The number of fused-ring (bicyclic) bond motifs is 4. The summed E-state index contributed by atoms with van der Waals surface area (Å²) in [4.78, 5) is 9.50. The summed E-state index contributed by atoms with van der Waals surface area (Å²) in [5.41, 5.74) is 6.90. The molecule has 3 heteroatoms. The van der Waals surface area contributed by atoms with Crippen LogP contribution in [0.5, 0.6) is 0 Å². The molecule has 114 valence electrons. The molecule has 2 atom stereocenters. The number of para-hydroxylation sites is 1. The zero-order chi connectivity index (χ0) is 15.5. The molecule has 2 bridgehead atoms. The molecule has 4 aromatic rings. The van der Waals surface area contributed by atoms with Gasteiger partial charge in [-0.25, -0.2) is 0 Å². The van der Waals surface area contributed by atoms with Gasteiger partial charge in [0.05, 0.1) is 16.7 Å². The number of aromatic nitrogens is 2. The molecule has 3 aromatic heterocycles. The van der Waals surface area contributed by atoms with Gasteiger partial charge in [0.25, 0.3) is 0 Å². The van der Waals surface area contributed by atoms with Crippen LogP contribution in [-0.2, 0) is 5.41 Å². The van der Waals surface area contributed by atoms with Gasteiger partial charge in [-0.05, 0) is 31.4 Å². The van der Waals surface area contributed by atoms with Gasteiger partial charge in [0.1, 0.15) is 0 Å². The molecule has 0 radical (unpaired) electrons. The number of rotatable bonds is 0. The molecule has 0 amide bonds. The molecule has 1 saturated carbocycles. The highest BCUT2D eigenvalue weighted by Gasteiger charge is 2.47. The Kier molecular flexibility index (Phi) is 1.74. The number of pyridine rings is 1. The fraction of sp³-hybridized carbons (Fsp3) is 0.238. The van der Waals surface area contributed by atoms with E-state index in [0.717, 1.165) is 6.42 Å². The fourth-order valence-corrected chi connectivity index (χ4v) is 5.69. The minimum absolute atomic E-state index is 0.0576. The zero-order valence-electron chi connectivity index (χ0n) is 13.2. The Bertz CT molecular complexity index is 1240. The van der Waals surface area contributed by atoms with Crippen molar-refractivity contribution < 1.29 is 0 Å². The molecule has 0 N–H and O–H groups in total. The van der Waals surface area contributed by atoms with Crippen molar-refractivity contribution >= 4 is 39.5 Å². The van der Waals surface area contributed by atoms with Crippen molar-refractivity contribution in [3.63, 3.8) is 0 Å². The molecule has 1 fully saturated rings. The maximum absolute atomic E-state index is 4.86. The number of nitrogens with zero attached hydrogens (tertiary/aromatic N) is 3. The van der Waals surface area contributed by atoms with Crippen molar-refractivity contribution in [2.75, 3.05) is 0 Å². The number of benzene rings is 1. The fourth-order valence-electron chi connectivity index (χ4n) is 5.69. The van der Waals surface area contributed by atoms with Crippen LogP contribution < -0.4 is 0 Å². The molecule has 2 aliphatic heterocycles. The Hall–Kier alpha value is -2.68. The molecule has 1 aliphatic carbocycles. The second-order valence-electron chi connectivity index (χ2n) is 7.58. The lowest BCUT2D eigenvalue weighted by Gasteiger charge is -2.24. The van der Waals surface area contributed by atoms with Crippen LogP contribution in [0.15, 0.2) is 41.7 Å². The third-order valence-corrected chi connectivity index (χ3v) is 6.55. The summed E-state index contributed by atoms with van der Waals surface area (Å²) >= 11 is 0. The Morgan fingerprint density at radius 3 is 3.00 bits per heavy atom. The highest BCUT2D eigenvalue weighted by molar-refractivity contribution is 6.18. The normalized spacial score (nSPS) is 26.9. The molecule has 3 nitrogen and oxygen atoms in total. The van der Waals surface area contributed by atoms with Gasteiger partial charge >= 0.3 is 0 Å². The second kappa shape index (κ2) is 3.54. The van der Waals surface area contributed by atoms with Crippen molar-refractivity contribution in [2.45, 2.75) is 30.6 Å². The van der Waals surface area contributed by atoms with Crippen molar-refractivity contribution in [1.82, 2.24) is 9.38 Å². The number of hydrogen-bond acceptors (Lipinski definition) is 2. The van der Waals surface area contributed by atoms with Gasteiger partial charge in [-0.15, -0.1) is 0 Å². The van der Waals surface area contributed by atoms with Crippen LogP contribution in [0.4, 0.5) is 0 Å². The van der Waals surface area contributed by atoms with E-state index in [0.29, 0.717) is 5.92 Å². The Balaban J connectivity index is 1.91. The third-order valence-electron chi connectivity index (χ3n) is 6.55. The van der Waals surface area contributed by atoms with Crippen molar-refractivity contribution in [1.29, 1.82) is 0 Å². The summed E-state index contributed by atoms with van der Waals surface area (Å²) in [5, 5.41) is 4.08. The molecule has 5 heterocycles. The third kappa shape index (κ3) is 1.06. The molecule has 1 spiro atoms. The van der Waals surface area contributed by atoms with Gasteiger partial charge in [-0.3, -0.25) is 9.98 Å². The average Bonchev–Trinajstić information content (AvgIpc) is 3.20. The van der Waals surface area contributed by atoms with Gasteiger partial charge < -0.3 is 4.40 Å². The van der Waals surface area contributed by atoms with Crippen LogP contribution in [0, 0.1) is 0 Å². The summed E-state index contributed by atoms with van der Waals surface area (Å²) in [6.07, 6.45) is 11.9. The number of hydrogen-bond donors (Lipinski definition) is 0. The predicted octanol–water partition coefficient (Wildman–Crippen LogP) is 4.65. The van der Waals surface area contributed by atoms with E-state index in [1.54, 1.807) is 0 Å². The van der Waals surface area contributed by atoms with Gasteiger partial charge in [-0.1, -0.05) is 18.2 Å². The van der Waals surface area contributed by atoms with Crippen LogP contribution in [0.2, 0.25) is 0 Å². The molecule has 7 rings (SSSR count). The van der Waals surface area contributed by atoms with E-state index in [2.05, 4.69) is 45.9 Å². The minimum atomic E-state index is 0.0576. The summed E-state index contributed by atoms with van der Waals surface area (Å²) in [6.45, 7) is 0. The quantitative estimate of drug-likeness (QED) is 0.465. The molecule has 3 aliphatic rings. The standard InChI is InChI=1S/C21H15N3/c1-2-13-15-6-9-23-17-12-4-7-21(10-12)11-22-8-5-16-14(3-1)18(13)24(19(15)17)20(16)21/h1-3,5-6,8-9,11-12H,4,7,10H2. The molecule has 24 heavy (non-hydrogen) atoms. The maximum Gasteiger partial charge on any atom is 0.0757 e. The Morgan fingerprint density at radius 1 is 1.08 bits per heavy atom. The lowest BCUT2D eigenvalue weighted by molar-refractivity contribution is 0.583. The first-order valence-corrected chi connectivity index (χ1v) is 8.76. The van der Waals surface area contributed by atoms with E-state index in [4.69, 9.17) is 4.98 Å². The lowest BCUT2D eigenvalue weighted by atomic mass is 9.81. The first kappa shape index (κ1) is 11.8. The average molecular weight is 309 g/mol. The Labute approximate surface area is 138 Å². The summed E-state index contributed by atoms with van der Waals surface area (Å²) in [6, 6.07) is 8.92. The van der Waals surface area contributed by atoms with E-state index in [-0.39, 0.29) is 5.41 Å². The van der Waals surface area contributed by atoms with E-state index in [1.807, 2.05) is 12.4 Å². The first-order chi connectivity index (χ1) is 11.9. The largest absolute Gasteiger partial charge is 0.309 e. The van der Waals surface area contributed by atoms with E-state index >= 15 is 0 Å². The molecular weight excluding hydrogens is 294 g/mol. The second-order valence-corrected chi connectivity index (χ2v) is 7.58. The van der Waals surface area contributed by atoms with Crippen LogP contribution >= 0.6 is 0 Å². The van der Waals surface area contributed by atoms with Crippen LogP contribution in [0.3, 0.4) is 0 Å². The molecule has 0 saturated heterocycles.